The molecule has 25 heavy (non-hydrogen) atoms. The molecule has 6 nitrogen and oxygen atoms in total. The Bertz CT molecular complexity index is 720. The van der Waals surface area contributed by atoms with Gasteiger partial charge in [-0.3, -0.25) is 9.59 Å². The van der Waals surface area contributed by atoms with Gasteiger partial charge in [0.2, 0.25) is 11.8 Å². The summed E-state index contributed by atoms with van der Waals surface area (Å²) in [6.07, 6.45) is 3.49. The molecular weight excluding hydrogens is 316 g/mol. The molecule has 6 heteroatoms. The molecule has 1 unspecified atom stereocenters. The molecule has 1 fully saturated rings. The van der Waals surface area contributed by atoms with Crippen molar-refractivity contribution < 1.29 is 9.59 Å². The van der Waals surface area contributed by atoms with Crippen LogP contribution in [0.3, 0.4) is 0 Å². The van der Waals surface area contributed by atoms with E-state index >= 15 is 0 Å². The van der Waals surface area contributed by atoms with Crippen molar-refractivity contribution in [3.8, 4) is 0 Å². The van der Waals surface area contributed by atoms with Gasteiger partial charge in [0.15, 0.2) is 0 Å². The normalized spacial score (nSPS) is 16.9. The van der Waals surface area contributed by atoms with Crippen LogP contribution in [0.2, 0.25) is 0 Å². The third-order valence-corrected chi connectivity index (χ3v) is 4.69. The first-order chi connectivity index (χ1) is 12.0. The highest BCUT2D eigenvalue weighted by molar-refractivity contribution is 5.85. The molecule has 2 aromatic rings. The smallest absolute Gasteiger partial charge is 0.240 e. The van der Waals surface area contributed by atoms with Crippen LogP contribution in [0.1, 0.15) is 51.4 Å². The van der Waals surface area contributed by atoms with Gasteiger partial charge < -0.3 is 15.2 Å². The van der Waals surface area contributed by atoms with E-state index in [0.717, 1.165) is 36.1 Å². The Morgan fingerprint density at radius 3 is 2.84 bits per heavy atom. The van der Waals surface area contributed by atoms with Crippen LogP contribution >= 0.6 is 0 Å². The lowest BCUT2D eigenvalue weighted by molar-refractivity contribution is -0.136. The predicted molar refractivity (Wildman–Crippen MR) is 96.9 cm³/mol. The van der Waals surface area contributed by atoms with E-state index in [4.69, 9.17) is 0 Å². The number of nitrogens with one attached hydrogen (secondary N) is 2. The lowest BCUT2D eigenvalue weighted by atomic mass is 10.0. The summed E-state index contributed by atoms with van der Waals surface area (Å²) >= 11 is 0. The maximum absolute atomic E-state index is 12.5. The molecule has 1 aromatic heterocycles. The third kappa shape index (κ3) is 4.18. The molecule has 0 radical (unpaired) electrons. The number of fused-ring (bicyclic) bond motifs is 1. The molecule has 0 aliphatic carbocycles. The zero-order chi connectivity index (χ0) is 17.8. The minimum atomic E-state index is -0.206. The van der Waals surface area contributed by atoms with E-state index in [1.807, 2.05) is 24.3 Å². The fraction of sp³-hybridized carbons (Fsp3) is 0.526. The van der Waals surface area contributed by atoms with Gasteiger partial charge in [-0.25, -0.2) is 4.98 Å². The number of nitrogens with zero attached hydrogens (tertiary/aromatic N) is 2. The number of amides is 2. The highest BCUT2D eigenvalue weighted by atomic mass is 16.2. The molecule has 134 valence electrons. The van der Waals surface area contributed by atoms with Crippen LogP contribution in [-0.2, 0) is 9.59 Å². The summed E-state index contributed by atoms with van der Waals surface area (Å²) in [6.45, 7) is 4.90. The molecule has 2 amide bonds. The van der Waals surface area contributed by atoms with Crippen LogP contribution in [-0.4, -0.2) is 39.8 Å². The van der Waals surface area contributed by atoms with Gasteiger partial charge in [0, 0.05) is 13.0 Å². The number of aromatic nitrogens is 2. The number of H-pyrrole nitrogens is 1. The first-order valence-corrected chi connectivity index (χ1v) is 9.06. The van der Waals surface area contributed by atoms with Crippen LogP contribution < -0.4 is 5.32 Å². The third-order valence-electron chi connectivity index (χ3n) is 4.69. The maximum Gasteiger partial charge on any atom is 0.240 e. The second kappa shape index (κ2) is 7.68. The van der Waals surface area contributed by atoms with E-state index in [9.17, 15) is 9.59 Å². The van der Waals surface area contributed by atoms with Crippen molar-refractivity contribution in [1.29, 1.82) is 0 Å². The molecule has 2 heterocycles. The minimum Gasteiger partial charge on any atom is -0.344 e. The molecule has 1 saturated heterocycles. The van der Waals surface area contributed by atoms with Gasteiger partial charge in [0.1, 0.15) is 5.82 Å². The number of aromatic amines is 1. The topological polar surface area (TPSA) is 78.1 Å². The average molecular weight is 342 g/mol. The lowest BCUT2D eigenvalue weighted by Crippen LogP contribution is -2.42. The van der Waals surface area contributed by atoms with Crippen molar-refractivity contribution >= 4 is 22.8 Å². The zero-order valence-electron chi connectivity index (χ0n) is 14.9. The highest BCUT2D eigenvalue weighted by Gasteiger charge is 2.24. The van der Waals surface area contributed by atoms with Crippen molar-refractivity contribution in [2.24, 2.45) is 5.92 Å². The SMILES string of the molecule is CC(C)C(NC(=O)CN1CCCCCC1=O)c1nc2ccccc2[nH]1. The molecule has 1 aromatic carbocycles. The molecule has 0 saturated carbocycles. The number of carbonyl (C=O) groups is 2. The maximum atomic E-state index is 12.5. The second-order valence-corrected chi connectivity index (χ2v) is 7.05. The fourth-order valence-corrected chi connectivity index (χ4v) is 3.27. The number of likely N-dealkylation sites (tertiary alicyclic amines) is 1. The van der Waals surface area contributed by atoms with E-state index in [2.05, 4.69) is 29.1 Å². The number of rotatable bonds is 5. The standard InChI is InChI=1S/C19H26N4O2/c1-13(2)18(19-20-14-8-5-6-9-15(14)21-19)22-16(24)12-23-11-7-3-4-10-17(23)25/h5-6,8-9,13,18H,3-4,7,10-12H2,1-2H3,(H,20,21)(H,22,24). The van der Waals surface area contributed by atoms with Crippen LogP contribution in [0.15, 0.2) is 24.3 Å². The number of benzene rings is 1. The Morgan fingerprint density at radius 2 is 2.08 bits per heavy atom. The zero-order valence-corrected chi connectivity index (χ0v) is 14.9. The van der Waals surface area contributed by atoms with Gasteiger partial charge in [-0.2, -0.15) is 0 Å². The first-order valence-electron chi connectivity index (χ1n) is 9.06. The van der Waals surface area contributed by atoms with Crippen LogP contribution in [0, 0.1) is 5.92 Å². The van der Waals surface area contributed by atoms with Crippen molar-refractivity contribution in [3.05, 3.63) is 30.1 Å². The number of hydrogen-bond acceptors (Lipinski definition) is 3. The van der Waals surface area contributed by atoms with Gasteiger partial charge in [-0.15, -0.1) is 0 Å². The fourth-order valence-electron chi connectivity index (χ4n) is 3.27. The highest BCUT2D eigenvalue weighted by Crippen LogP contribution is 2.22. The molecule has 0 bridgehead atoms. The van der Waals surface area contributed by atoms with E-state index in [1.165, 1.54) is 0 Å². The Labute approximate surface area is 148 Å². The molecule has 3 rings (SSSR count). The van der Waals surface area contributed by atoms with E-state index in [1.54, 1.807) is 4.90 Å². The number of carbonyl (C=O) groups excluding carboxylic acids is 2. The Hall–Kier alpha value is -2.37. The number of para-hydroxylation sites is 2. The van der Waals surface area contributed by atoms with Crippen LogP contribution in [0.4, 0.5) is 0 Å². The summed E-state index contributed by atoms with van der Waals surface area (Å²) in [4.78, 5) is 34.2. The van der Waals surface area contributed by atoms with Gasteiger partial charge in [-0.05, 0) is 30.9 Å². The summed E-state index contributed by atoms with van der Waals surface area (Å²) in [6, 6.07) is 7.62. The molecule has 1 aliphatic heterocycles. The Morgan fingerprint density at radius 1 is 1.28 bits per heavy atom. The minimum absolute atomic E-state index is 0.0810. The largest absolute Gasteiger partial charge is 0.344 e. The van der Waals surface area contributed by atoms with Crippen molar-refractivity contribution in [3.63, 3.8) is 0 Å². The average Bonchev–Trinajstić information content (AvgIpc) is 2.91. The molecule has 0 spiro atoms. The molecule has 2 N–H and O–H groups in total. The van der Waals surface area contributed by atoms with Crippen molar-refractivity contribution in [2.45, 2.75) is 45.6 Å². The Kier molecular flexibility index (Phi) is 5.36. The second-order valence-electron chi connectivity index (χ2n) is 7.05. The predicted octanol–water partition coefficient (Wildman–Crippen LogP) is 2.78. The van der Waals surface area contributed by atoms with E-state index < -0.39 is 0 Å². The lowest BCUT2D eigenvalue weighted by Gasteiger charge is -2.24. The Balaban J connectivity index is 1.70. The summed E-state index contributed by atoms with van der Waals surface area (Å²) in [5.74, 6) is 0.892. The number of hydrogen-bond donors (Lipinski definition) is 2. The van der Waals surface area contributed by atoms with Crippen LogP contribution in [0.25, 0.3) is 11.0 Å². The summed E-state index contributed by atoms with van der Waals surface area (Å²) in [7, 11) is 0. The quantitative estimate of drug-likeness (QED) is 0.877. The summed E-state index contributed by atoms with van der Waals surface area (Å²) in [5, 5.41) is 3.06. The van der Waals surface area contributed by atoms with Gasteiger partial charge in [-0.1, -0.05) is 32.4 Å². The van der Waals surface area contributed by atoms with Crippen molar-refractivity contribution in [2.75, 3.05) is 13.1 Å². The van der Waals surface area contributed by atoms with Crippen molar-refractivity contribution in [1.82, 2.24) is 20.2 Å². The monoisotopic (exact) mass is 342 g/mol. The molecular formula is C19H26N4O2. The molecule has 1 atom stereocenters. The van der Waals surface area contributed by atoms with Gasteiger partial charge >= 0.3 is 0 Å². The number of imidazole rings is 1. The first kappa shape index (κ1) is 17.5. The van der Waals surface area contributed by atoms with E-state index in [-0.39, 0.29) is 30.3 Å². The van der Waals surface area contributed by atoms with Gasteiger partial charge in [0.05, 0.1) is 23.6 Å². The van der Waals surface area contributed by atoms with Crippen LogP contribution in [0.5, 0.6) is 0 Å². The summed E-state index contributed by atoms with van der Waals surface area (Å²) < 4.78 is 0. The van der Waals surface area contributed by atoms with E-state index in [0.29, 0.717) is 13.0 Å². The molecule has 1 aliphatic rings. The van der Waals surface area contributed by atoms with Gasteiger partial charge in [0.25, 0.3) is 0 Å². The summed E-state index contributed by atoms with van der Waals surface area (Å²) in [5.41, 5.74) is 1.85.